The van der Waals surface area contributed by atoms with E-state index in [4.69, 9.17) is 4.84 Å². The van der Waals surface area contributed by atoms with E-state index < -0.39 is 71.1 Å². The predicted molar refractivity (Wildman–Crippen MR) is 288 cm³/mol. The summed E-state index contributed by atoms with van der Waals surface area (Å²) in [6.45, 7) is 0.284. The van der Waals surface area contributed by atoms with Gasteiger partial charge in [0.05, 0.1) is 43.0 Å². The van der Waals surface area contributed by atoms with Crippen LogP contribution in [-0.4, -0.2) is 87.5 Å². The number of alkyl halides is 6. The number of aromatic nitrogens is 4. The van der Waals surface area contributed by atoms with Crippen molar-refractivity contribution in [3.05, 3.63) is 204 Å². The monoisotopic (exact) mass is 1150 g/mol. The smallest absolute Gasteiger partial charge is 0.338 e. The predicted octanol–water partition coefficient (Wildman–Crippen LogP) is 12.1. The molecule has 0 radical (unpaired) electrons. The standard InChI is InChI=1S/C39H32F3N3O4S.C20H18F3N3O4S/c40-39(41,42)31-21-24-33-34(26-31)44-36(43-33)27-19-22-32(23-20-27)50(47,48)35-18-10-11-25-45(37(35)46)49-38(28-12-4-1-5-13-28,29-14-6-2-7-15-29)30-16-8-3-9-17-30;21-20(22,23)13-6-9-15-16(11-13)25-18(24-15)12-4-7-14(8-5-12)31(29,30)17-3-1-2-10-26(28)19(17)27/h1-9,12-17,19-24,26,35H,10-11,18,25H2,(H,43,44);4-9,11,17,28H,1-3,10H2,(H,24,25). The quantitative estimate of drug-likeness (QED) is 0.0637. The summed E-state index contributed by atoms with van der Waals surface area (Å²) in [5.74, 6) is -0.936. The van der Waals surface area contributed by atoms with Crippen LogP contribution in [0.25, 0.3) is 44.8 Å². The number of fused-ring (bicyclic) bond motifs is 2. The van der Waals surface area contributed by atoms with Crippen molar-refractivity contribution < 1.29 is 62.8 Å². The van der Waals surface area contributed by atoms with Crippen LogP contribution in [0.3, 0.4) is 0 Å². The van der Waals surface area contributed by atoms with Gasteiger partial charge in [0, 0.05) is 24.2 Å². The van der Waals surface area contributed by atoms with Crippen molar-refractivity contribution in [2.24, 2.45) is 0 Å². The first kappa shape index (κ1) is 56.1. The molecule has 2 saturated heterocycles. The van der Waals surface area contributed by atoms with Crippen LogP contribution in [-0.2, 0) is 52.1 Å². The Morgan fingerprint density at radius 1 is 0.481 bits per heavy atom. The molecule has 2 atom stereocenters. The second-order valence-electron chi connectivity index (χ2n) is 19.5. The van der Waals surface area contributed by atoms with E-state index in [0.717, 1.165) is 41.0 Å². The molecule has 81 heavy (non-hydrogen) atoms. The zero-order valence-corrected chi connectivity index (χ0v) is 44.4. The fraction of sp³-hybridized carbons (Fsp3) is 0.220. The van der Waals surface area contributed by atoms with Crippen LogP contribution in [0, 0.1) is 0 Å². The fourth-order valence-corrected chi connectivity index (χ4v) is 13.5. The number of sulfone groups is 2. The Balaban J connectivity index is 0.000000203. The van der Waals surface area contributed by atoms with Gasteiger partial charge in [0.1, 0.15) is 22.1 Å². The number of aromatic amines is 2. The second kappa shape index (κ2) is 22.4. The first-order valence-electron chi connectivity index (χ1n) is 25.6. The van der Waals surface area contributed by atoms with Gasteiger partial charge in [-0.2, -0.15) is 26.3 Å². The molecule has 2 aliphatic rings. The summed E-state index contributed by atoms with van der Waals surface area (Å²) in [5, 5.41) is 8.62. The van der Waals surface area contributed by atoms with E-state index in [1.54, 1.807) is 0 Å². The molecule has 0 aliphatic carbocycles. The molecule has 4 heterocycles. The molecule has 2 fully saturated rings. The molecule has 11 rings (SSSR count). The number of hydrogen-bond acceptors (Lipinski definition) is 10. The van der Waals surface area contributed by atoms with E-state index in [1.165, 1.54) is 65.7 Å². The van der Waals surface area contributed by atoms with Crippen LogP contribution >= 0.6 is 0 Å². The first-order chi connectivity index (χ1) is 38.6. The minimum Gasteiger partial charge on any atom is -0.338 e. The number of nitrogens with one attached hydrogen (secondary N) is 2. The van der Waals surface area contributed by atoms with Gasteiger partial charge in [0.2, 0.25) is 0 Å². The normalized spacial score (nSPS) is 16.9. The maximum absolute atomic E-state index is 14.3. The van der Waals surface area contributed by atoms with Gasteiger partial charge >= 0.3 is 12.4 Å². The number of imidazole rings is 2. The van der Waals surface area contributed by atoms with Crippen LogP contribution in [0.5, 0.6) is 0 Å². The first-order valence-corrected chi connectivity index (χ1v) is 28.7. The van der Waals surface area contributed by atoms with E-state index in [-0.39, 0.29) is 58.4 Å². The summed E-state index contributed by atoms with van der Waals surface area (Å²) in [5.41, 5.74) is 1.46. The third kappa shape index (κ3) is 11.5. The van der Waals surface area contributed by atoms with Gasteiger partial charge in [0.15, 0.2) is 25.3 Å². The van der Waals surface area contributed by atoms with Crippen LogP contribution in [0.4, 0.5) is 26.3 Å². The summed E-state index contributed by atoms with van der Waals surface area (Å²) in [7, 11) is -8.21. The van der Waals surface area contributed by atoms with Crippen molar-refractivity contribution in [1.29, 1.82) is 0 Å². The molecule has 9 aromatic rings. The lowest BCUT2D eigenvalue weighted by molar-refractivity contribution is -0.221. The number of rotatable bonds is 11. The highest BCUT2D eigenvalue weighted by Crippen LogP contribution is 2.43. The van der Waals surface area contributed by atoms with Crippen molar-refractivity contribution in [3.8, 4) is 22.8 Å². The molecule has 22 heteroatoms. The second-order valence-corrected chi connectivity index (χ2v) is 23.8. The summed E-state index contributed by atoms with van der Waals surface area (Å²) < 4.78 is 133. The Bertz CT molecular complexity index is 3860. The maximum Gasteiger partial charge on any atom is 0.416 e. The average Bonchev–Trinajstić information content (AvgIpc) is 4.00. The summed E-state index contributed by atoms with van der Waals surface area (Å²) >= 11 is 0. The van der Waals surface area contributed by atoms with Crippen molar-refractivity contribution in [2.75, 3.05) is 13.1 Å². The minimum atomic E-state index is -4.50. The molecule has 0 bridgehead atoms. The number of hydroxylamine groups is 4. The fourth-order valence-electron chi connectivity index (χ4n) is 10.1. The summed E-state index contributed by atoms with van der Waals surface area (Å²) in [6, 6.07) is 46.4. The van der Waals surface area contributed by atoms with Gasteiger partial charge in [-0.3, -0.25) is 14.8 Å². The van der Waals surface area contributed by atoms with Gasteiger partial charge in [0.25, 0.3) is 11.8 Å². The van der Waals surface area contributed by atoms with Crippen LogP contribution < -0.4 is 0 Å². The summed E-state index contributed by atoms with van der Waals surface area (Å²) in [6.07, 6.45) is -6.73. The largest absolute Gasteiger partial charge is 0.416 e. The van der Waals surface area contributed by atoms with Gasteiger partial charge in [-0.25, -0.2) is 41.8 Å². The number of carbonyl (C=O) groups is 2. The van der Waals surface area contributed by atoms with Crippen LogP contribution in [0.2, 0.25) is 0 Å². The Labute approximate surface area is 460 Å². The summed E-state index contributed by atoms with van der Waals surface area (Å²) in [4.78, 5) is 47.7. The van der Waals surface area contributed by atoms with E-state index in [2.05, 4.69) is 19.9 Å². The molecule has 418 valence electrons. The molecule has 0 spiro atoms. The number of halogens is 6. The molecular formula is C59H50F6N6O8S2. The molecule has 3 N–H and O–H groups in total. The molecule has 2 aromatic heterocycles. The van der Waals surface area contributed by atoms with E-state index in [0.29, 0.717) is 52.9 Å². The lowest BCUT2D eigenvalue weighted by Crippen LogP contribution is -2.47. The van der Waals surface area contributed by atoms with Crippen LogP contribution in [0.15, 0.2) is 186 Å². The van der Waals surface area contributed by atoms with E-state index >= 15 is 0 Å². The number of hydrogen-bond donors (Lipinski definition) is 3. The van der Waals surface area contributed by atoms with Crippen molar-refractivity contribution >= 4 is 53.6 Å². The molecular weight excluding hydrogens is 1100 g/mol. The Kier molecular flexibility index (Phi) is 15.5. The molecule has 0 saturated carbocycles. The van der Waals surface area contributed by atoms with Gasteiger partial charge < -0.3 is 9.97 Å². The van der Waals surface area contributed by atoms with Crippen LogP contribution in [0.1, 0.15) is 66.3 Å². The van der Waals surface area contributed by atoms with E-state index in [1.807, 2.05) is 91.0 Å². The maximum atomic E-state index is 14.3. The third-order valence-electron chi connectivity index (χ3n) is 14.3. The van der Waals surface area contributed by atoms with Gasteiger partial charge in [-0.15, -0.1) is 0 Å². The lowest BCUT2D eigenvalue weighted by atomic mass is 9.80. The Morgan fingerprint density at radius 2 is 0.864 bits per heavy atom. The number of H-pyrrole nitrogens is 2. The molecule has 2 aliphatic heterocycles. The highest BCUT2D eigenvalue weighted by Gasteiger charge is 2.46. The molecule has 7 aromatic carbocycles. The zero-order chi connectivity index (χ0) is 57.3. The van der Waals surface area contributed by atoms with E-state index in [9.17, 15) is 58.0 Å². The Hall–Kier alpha value is -8.18. The topological polar surface area (TPSA) is 196 Å². The van der Waals surface area contributed by atoms with Crippen molar-refractivity contribution in [1.82, 2.24) is 30.1 Å². The van der Waals surface area contributed by atoms with Gasteiger partial charge in [-0.1, -0.05) is 91.0 Å². The van der Waals surface area contributed by atoms with Crippen molar-refractivity contribution in [2.45, 2.75) is 76.8 Å². The third-order valence-corrected chi connectivity index (χ3v) is 18.5. The Morgan fingerprint density at radius 3 is 1.26 bits per heavy atom. The number of benzene rings is 7. The number of nitrogens with zero attached hydrogens (tertiary/aromatic N) is 4. The highest BCUT2D eigenvalue weighted by atomic mass is 32.2. The average molecular weight is 1150 g/mol. The minimum absolute atomic E-state index is 0.0580. The number of amides is 2. The number of carbonyl (C=O) groups excluding carboxylic acids is 2. The molecule has 2 amide bonds. The highest BCUT2D eigenvalue weighted by molar-refractivity contribution is 7.93. The lowest BCUT2D eigenvalue weighted by Gasteiger charge is -2.39. The zero-order valence-electron chi connectivity index (χ0n) is 42.7. The van der Waals surface area contributed by atoms with Gasteiger partial charge in [-0.05, 0) is 140 Å². The SMILES string of the molecule is O=C1C(S(=O)(=O)c2ccc(-c3nc4ccc(C(F)(F)F)cc4[nH]3)cc2)CCCCN1O.O=C1C(S(=O)(=O)c2ccc(-c3nc4ccc(C(F)(F)F)cc4[nH]3)cc2)CCCCN1OC(c1ccccc1)(c1ccccc1)c1ccccc1. The van der Waals surface area contributed by atoms with Crippen molar-refractivity contribution in [3.63, 3.8) is 0 Å². The molecule has 14 nitrogen and oxygen atoms in total. The molecule has 2 unspecified atom stereocenters.